The highest BCUT2D eigenvalue weighted by molar-refractivity contribution is 6.31. The lowest BCUT2D eigenvalue weighted by molar-refractivity contribution is 0.0937. The van der Waals surface area contributed by atoms with E-state index in [4.69, 9.17) is 11.6 Å². The Labute approximate surface area is 155 Å². The Balaban J connectivity index is 1.55. The van der Waals surface area contributed by atoms with Gasteiger partial charge in [-0.2, -0.15) is 9.78 Å². The second kappa shape index (κ2) is 6.84. The van der Waals surface area contributed by atoms with Gasteiger partial charge in [0.25, 0.3) is 11.9 Å². The number of carbonyl (C=O) groups is 1. The molecule has 1 N–H and O–H groups in total. The number of nitrogens with one attached hydrogen (secondary N) is 1. The molecule has 8 heteroatoms. The van der Waals surface area contributed by atoms with Gasteiger partial charge in [-0.05, 0) is 55.5 Å². The molecule has 4 rings (SSSR count). The van der Waals surface area contributed by atoms with E-state index in [9.17, 15) is 4.79 Å². The lowest BCUT2D eigenvalue weighted by atomic mass is 10.1. The molecule has 1 atom stereocenters. The molecule has 7 nitrogen and oxygen atoms in total. The van der Waals surface area contributed by atoms with Crippen LogP contribution in [-0.4, -0.2) is 30.6 Å². The van der Waals surface area contributed by atoms with Crippen molar-refractivity contribution < 1.29 is 4.79 Å². The van der Waals surface area contributed by atoms with Crippen LogP contribution in [0.4, 0.5) is 0 Å². The predicted octanol–water partition coefficient (Wildman–Crippen LogP) is 3.08. The Morgan fingerprint density at radius 1 is 1.23 bits per heavy atom. The van der Waals surface area contributed by atoms with Crippen molar-refractivity contribution in [2.45, 2.75) is 31.7 Å². The summed E-state index contributed by atoms with van der Waals surface area (Å²) in [6.45, 7) is 1.84. The highest BCUT2D eigenvalue weighted by Crippen LogP contribution is 2.41. The number of benzene rings is 1. The van der Waals surface area contributed by atoms with Gasteiger partial charge in [-0.3, -0.25) is 4.79 Å². The zero-order valence-electron chi connectivity index (χ0n) is 14.1. The van der Waals surface area contributed by atoms with E-state index in [1.165, 1.54) is 11.0 Å². The molecule has 132 valence electrons. The van der Waals surface area contributed by atoms with Gasteiger partial charge in [0, 0.05) is 23.0 Å². The number of rotatable bonds is 5. The third-order valence-electron chi connectivity index (χ3n) is 4.28. The summed E-state index contributed by atoms with van der Waals surface area (Å²) in [6.07, 6.45) is 6.97. The van der Waals surface area contributed by atoms with Gasteiger partial charge in [0.1, 0.15) is 6.33 Å². The van der Waals surface area contributed by atoms with Crippen molar-refractivity contribution >= 4 is 17.5 Å². The molecule has 1 saturated carbocycles. The fraction of sp³-hybridized carbons (Fsp3) is 0.278. The smallest absolute Gasteiger partial charge is 0.252 e. The van der Waals surface area contributed by atoms with Gasteiger partial charge in [0.15, 0.2) is 5.82 Å². The van der Waals surface area contributed by atoms with Gasteiger partial charge in [0.05, 0.1) is 6.04 Å². The van der Waals surface area contributed by atoms with Crippen molar-refractivity contribution in [1.82, 2.24) is 30.0 Å². The fourth-order valence-corrected chi connectivity index (χ4v) is 3.08. The first-order valence-electron chi connectivity index (χ1n) is 8.40. The van der Waals surface area contributed by atoms with E-state index in [-0.39, 0.29) is 11.9 Å². The van der Waals surface area contributed by atoms with Crippen LogP contribution >= 0.6 is 11.6 Å². The lowest BCUT2D eigenvalue weighted by Gasteiger charge is -2.14. The average Bonchev–Trinajstić information content (AvgIpc) is 3.38. The van der Waals surface area contributed by atoms with Crippen LogP contribution in [0.15, 0.2) is 43.0 Å². The number of hydrogen-bond donors (Lipinski definition) is 1. The van der Waals surface area contributed by atoms with E-state index in [1.807, 2.05) is 19.1 Å². The second-order valence-corrected chi connectivity index (χ2v) is 6.76. The molecule has 2 aromatic heterocycles. The summed E-state index contributed by atoms with van der Waals surface area (Å²) < 4.78 is 1.51. The van der Waals surface area contributed by atoms with Gasteiger partial charge in [-0.15, -0.1) is 0 Å². The van der Waals surface area contributed by atoms with Crippen LogP contribution in [0.5, 0.6) is 0 Å². The summed E-state index contributed by atoms with van der Waals surface area (Å²) in [5.74, 6) is 1.27. The van der Waals surface area contributed by atoms with E-state index in [0.29, 0.717) is 28.3 Å². The highest BCUT2D eigenvalue weighted by atomic mass is 35.5. The summed E-state index contributed by atoms with van der Waals surface area (Å²) in [6, 6.07) is 6.87. The maximum atomic E-state index is 12.7. The number of nitrogens with zero attached hydrogens (tertiary/aromatic N) is 5. The minimum Gasteiger partial charge on any atom is -0.342 e. The molecular formula is C18H17ClN6O. The van der Waals surface area contributed by atoms with Crippen LogP contribution in [0, 0.1) is 0 Å². The van der Waals surface area contributed by atoms with Gasteiger partial charge in [-0.1, -0.05) is 11.6 Å². The largest absolute Gasteiger partial charge is 0.342 e. The number of amides is 1. The SMILES string of the molecule is C[C@@H](NC(=O)c1cc(Cl)cc(C2CC2)c1)c1ncnn1-c1ncccn1. The van der Waals surface area contributed by atoms with Crippen LogP contribution in [0.25, 0.3) is 5.95 Å². The molecule has 0 spiro atoms. The fourth-order valence-electron chi connectivity index (χ4n) is 2.84. The van der Waals surface area contributed by atoms with Gasteiger partial charge in [-0.25, -0.2) is 15.0 Å². The summed E-state index contributed by atoms with van der Waals surface area (Å²) >= 11 is 6.18. The standard InChI is InChI=1S/C18H17ClN6O/c1-11(16-22-10-23-25(16)18-20-5-2-6-21-18)24-17(26)14-7-13(12-3-4-12)8-15(19)9-14/h2,5-12H,3-4H2,1H3,(H,24,26)/t11-/m1/s1. The first-order valence-corrected chi connectivity index (χ1v) is 8.78. The van der Waals surface area contributed by atoms with E-state index >= 15 is 0 Å². The van der Waals surface area contributed by atoms with Crippen molar-refractivity contribution in [2.24, 2.45) is 0 Å². The molecule has 1 aliphatic carbocycles. The molecule has 2 heterocycles. The van der Waals surface area contributed by atoms with Crippen molar-refractivity contribution in [3.63, 3.8) is 0 Å². The summed E-state index contributed by atoms with van der Waals surface area (Å²) in [5.41, 5.74) is 1.67. The van der Waals surface area contributed by atoms with Crippen LogP contribution in [0.3, 0.4) is 0 Å². The molecule has 1 amide bonds. The van der Waals surface area contributed by atoms with Crippen LogP contribution < -0.4 is 5.32 Å². The normalized spacial score (nSPS) is 14.8. The minimum atomic E-state index is -0.378. The molecule has 0 radical (unpaired) electrons. The number of halogens is 1. The van der Waals surface area contributed by atoms with Crippen molar-refractivity contribution in [2.75, 3.05) is 0 Å². The molecular weight excluding hydrogens is 352 g/mol. The van der Waals surface area contributed by atoms with E-state index in [0.717, 1.165) is 18.4 Å². The molecule has 1 aliphatic rings. The summed E-state index contributed by atoms with van der Waals surface area (Å²) in [5, 5.41) is 7.68. The Hall–Kier alpha value is -2.80. The van der Waals surface area contributed by atoms with Crippen LogP contribution in [0.1, 0.15) is 53.5 Å². The topological polar surface area (TPSA) is 85.6 Å². The summed E-state index contributed by atoms with van der Waals surface area (Å²) in [7, 11) is 0. The molecule has 0 saturated heterocycles. The zero-order valence-corrected chi connectivity index (χ0v) is 14.9. The zero-order chi connectivity index (χ0) is 18.1. The van der Waals surface area contributed by atoms with Gasteiger partial charge >= 0.3 is 0 Å². The average molecular weight is 369 g/mol. The Morgan fingerprint density at radius 3 is 2.73 bits per heavy atom. The van der Waals surface area contributed by atoms with Gasteiger partial charge in [0.2, 0.25) is 0 Å². The third kappa shape index (κ3) is 3.43. The number of hydrogen-bond acceptors (Lipinski definition) is 5. The quantitative estimate of drug-likeness (QED) is 0.748. The molecule has 3 aromatic rings. The molecule has 26 heavy (non-hydrogen) atoms. The highest BCUT2D eigenvalue weighted by Gasteiger charge is 2.25. The second-order valence-electron chi connectivity index (χ2n) is 6.32. The Kier molecular flexibility index (Phi) is 4.38. The van der Waals surface area contributed by atoms with Gasteiger partial charge < -0.3 is 5.32 Å². The minimum absolute atomic E-state index is 0.203. The van der Waals surface area contributed by atoms with Crippen molar-refractivity contribution in [3.05, 3.63) is 65.0 Å². The maximum absolute atomic E-state index is 12.7. The van der Waals surface area contributed by atoms with Crippen molar-refractivity contribution in [1.29, 1.82) is 0 Å². The Bertz CT molecular complexity index is 938. The first kappa shape index (κ1) is 16.7. The van der Waals surface area contributed by atoms with E-state index in [1.54, 1.807) is 24.5 Å². The third-order valence-corrected chi connectivity index (χ3v) is 4.50. The lowest BCUT2D eigenvalue weighted by Crippen LogP contribution is -2.29. The predicted molar refractivity (Wildman–Crippen MR) is 96.3 cm³/mol. The molecule has 1 fully saturated rings. The monoisotopic (exact) mass is 368 g/mol. The number of carbonyl (C=O) groups excluding carboxylic acids is 1. The molecule has 0 unspecified atom stereocenters. The number of aromatic nitrogens is 5. The molecule has 1 aromatic carbocycles. The van der Waals surface area contributed by atoms with Crippen LogP contribution in [0.2, 0.25) is 5.02 Å². The van der Waals surface area contributed by atoms with Crippen molar-refractivity contribution in [3.8, 4) is 5.95 Å². The molecule has 0 bridgehead atoms. The maximum Gasteiger partial charge on any atom is 0.252 e. The molecule has 0 aliphatic heterocycles. The summed E-state index contributed by atoms with van der Waals surface area (Å²) in [4.78, 5) is 25.3. The van der Waals surface area contributed by atoms with Crippen LogP contribution in [-0.2, 0) is 0 Å². The van der Waals surface area contributed by atoms with E-state index in [2.05, 4.69) is 25.4 Å². The Morgan fingerprint density at radius 2 is 2.00 bits per heavy atom. The first-order chi connectivity index (χ1) is 12.6. The van der Waals surface area contributed by atoms with E-state index < -0.39 is 0 Å².